The number of hydrogen-bond donors (Lipinski definition) is 1. The highest BCUT2D eigenvalue weighted by Crippen LogP contribution is 2.13. The molecule has 2 rings (SSSR count). The molecule has 1 atom stereocenters. The van der Waals surface area contributed by atoms with Crippen LogP contribution in [0.25, 0.3) is 0 Å². The summed E-state index contributed by atoms with van der Waals surface area (Å²) in [5.74, 6) is -1.28. The number of amides is 1. The number of carbonyl (C=O) groups excluding carboxylic acids is 1. The zero-order valence-corrected chi connectivity index (χ0v) is 14.9. The number of ether oxygens (including phenoxy) is 1. The molecule has 24 heavy (non-hydrogen) atoms. The van der Waals surface area contributed by atoms with Gasteiger partial charge in [-0.2, -0.15) is 15.6 Å². The van der Waals surface area contributed by atoms with E-state index in [9.17, 15) is 18.0 Å². The summed E-state index contributed by atoms with van der Waals surface area (Å²) in [6, 6.07) is 1.89. The van der Waals surface area contributed by atoms with Crippen LogP contribution in [0.4, 0.5) is 0 Å². The van der Waals surface area contributed by atoms with Crippen molar-refractivity contribution in [3.05, 3.63) is 22.4 Å². The van der Waals surface area contributed by atoms with Gasteiger partial charge >= 0.3 is 5.97 Å². The maximum absolute atomic E-state index is 12.3. The van der Waals surface area contributed by atoms with Gasteiger partial charge in [0.05, 0.1) is 25.4 Å². The Labute approximate surface area is 144 Å². The fourth-order valence-corrected chi connectivity index (χ4v) is 3.88. The van der Waals surface area contributed by atoms with Gasteiger partial charge in [-0.25, -0.2) is 8.42 Å². The van der Waals surface area contributed by atoms with E-state index in [-0.39, 0.29) is 19.0 Å². The SMILES string of the molecule is CS(=O)(=O)N(CC(=O)O)CC1CN(C(=O)Cc2ccsc2)CCO1. The number of carbonyl (C=O) groups is 2. The Hall–Kier alpha value is -1.49. The molecule has 1 aromatic rings. The number of hydrogen-bond acceptors (Lipinski definition) is 6. The highest BCUT2D eigenvalue weighted by Gasteiger charge is 2.29. The van der Waals surface area contributed by atoms with Crippen molar-refractivity contribution in [1.29, 1.82) is 0 Å². The summed E-state index contributed by atoms with van der Waals surface area (Å²) in [5, 5.41) is 12.7. The third kappa shape index (κ3) is 5.55. The molecular formula is C14H20N2O6S2. The second kappa shape index (κ2) is 8.06. The summed E-state index contributed by atoms with van der Waals surface area (Å²) in [5.41, 5.74) is 0.941. The van der Waals surface area contributed by atoms with Crippen molar-refractivity contribution in [1.82, 2.24) is 9.21 Å². The van der Waals surface area contributed by atoms with E-state index < -0.39 is 28.6 Å². The Bertz CT molecular complexity index is 673. The van der Waals surface area contributed by atoms with Crippen LogP contribution in [0.15, 0.2) is 16.8 Å². The highest BCUT2D eigenvalue weighted by atomic mass is 32.2. The van der Waals surface area contributed by atoms with E-state index in [1.54, 1.807) is 4.90 Å². The number of thiophene rings is 1. The van der Waals surface area contributed by atoms with Gasteiger partial charge < -0.3 is 14.7 Å². The molecule has 1 saturated heterocycles. The van der Waals surface area contributed by atoms with Crippen LogP contribution in [-0.2, 0) is 30.8 Å². The van der Waals surface area contributed by atoms with Crippen molar-refractivity contribution in [2.45, 2.75) is 12.5 Å². The molecule has 0 radical (unpaired) electrons. The molecule has 1 aromatic heterocycles. The van der Waals surface area contributed by atoms with E-state index in [0.29, 0.717) is 19.6 Å². The largest absolute Gasteiger partial charge is 0.480 e. The third-order valence-electron chi connectivity index (χ3n) is 3.61. The molecule has 1 unspecified atom stereocenters. The van der Waals surface area contributed by atoms with Crippen molar-refractivity contribution >= 4 is 33.2 Å². The number of carboxylic acids is 1. The van der Waals surface area contributed by atoms with E-state index in [0.717, 1.165) is 16.1 Å². The van der Waals surface area contributed by atoms with Gasteiger partial charge in [0.2, 0.25) is 15.9 Å². The molecule has 1 N–H and O–H groups in total. The summed E-state index contributed by atoms with van der Waals surface area (Å²) < 4.78 is 29.8. The van der Waals surface area contributed by atoms with E-state index in [1.807, 2.05) is 16.8 Å². The standard InChI is InChI=1S/C14H20N2O6S2/c1-24(20,21)16(9-14(18)19)8-12-7-15(3-4-22-12)13(17)6-11-2-5-23-10-11/h2,5,10,12H,3-4,6-9H2,1H3,(H,18,19). The lowest BCUT2D eigenvalue weighted by molar-refractivity contribution is -0.140. The Morgan fingerprint density at radius 3 is 2.83 bits per heavy atom. The van der Waals surface area contributed by atoms with Crippen LogP contribution in [-0.4, -0.2) is 79.8 Å². The van der Waals surface area contributed by atoms with Gasteiger partial charge in [-0.1, -0.05) is 0 Å². The monoisotopic (exact) mass is 376 g/mol. The Morgan fingerprint density at radius 2 is 2.25 bits per heavy atom. The van der Waals surface area contributed by atoms with Gasteiger partial charge in [0.15, 0.2) is 0 Å². The van der Waals surface area contributed by atoms with Gasteiger partial charge in [0.1, 0.15) is 6.54 Å². The first-order chi connectivity index (χ1) is 11.3. The summed E-state index contributed by atoms with van der Waals surface area (Å²) in [6.45, 7) is 0.269. The summed E-state index contributed by atoms with van der Waals surface area (Å²) in [6.07, 6.45) is 0.707. The van der Waals surface area contributed by atoms with Gasteiger partial charge in [-0.15, -0.1) is 0 Å². The molecule has 10 heteroatoms. The number of sulfonamides is 1. The van der Waals surface area contributed by atoms with Crippen LogP contribution in [0.1, 0.15) is 5.56 Å². The number of nitrogens with zero attached hydrogens (tertiary/aromatic N) is 2. The van der Waals surface area contributed by atoms with Gasteiger partial charge in [-0.3, -0.25) is 9.59 Å². The lowest BCUT2D eigenvalue weighted by Crippen LogP contribution is -2.51. The second-order valence-corrected chi connectivity index (χ2v) is 8.35. The number of rotatable bonds is 7. The molecule has 8 nitrogen and oxygen atoms in total. The highest BCUT2D eigenvalue weighted by molar-refractivity contribution is 7.88. The van der Waals surface area contributed by atoms with E-state index in [1.165, 1.54) is 11.3 Å². The van der Waals surface area contributed by atoms with Gasteiger partial charge in [-0.05, 0) is 22.4 Å². The van der Waals surface area contributed by atoms with E-state index in [2.05, 4.69) is 0 Å². The molecule has 1 fully saturated rings. The maximum Gasteiger partial charge on any atom is 0.318 e. The normalized spacial score (nSPS) is 18.8. The summed E-state index contributed by atoms with van der Waals surface area (Å²) >= 11 is 1.52. The smallest absolute Gasteiger partial charge is 0.318 e. The van der Waals surface area contributed by atoms with Crippen molar-refractivity contribution in [2.75, 3.05) is 39.0 Å². The fraction of sp³-hybridized carbons (Fsp3) is 0.571. The average Bonchev–Trinajstić information content (AvgIpc) is 2.98. The maximum atomic E-state index is 12.3. The van der Waals surface area contributed by atoms with Crippen LogP contribution in [0, 0.1) is 0 Å². The zero-order chi connectivity index (χ0) is 17.7. The third-order valence-corrected chi connectivity index (χ3v) is 5.56. The van der Waals surface area contributed by atoms with E-state index in [4.69, 9.17) is 9.84 Å². The molecule has 0 aromatic carbocycles. The minimum atomic E-state index is -3.67. The first kappa shape index (κ1) is 18.8. The minimum absolute atomic E-state index is 0.0501. The number of carboxylic acid groups (broad SMARTS) is 1. The summed E-state index contributed by atoms with van der Waals surface area (Å²) in [7, 11) is -3.67. The minimum Gasteiger partial charge on any atom is -0.480 e. The van der Waals surface area contributed by atoms with Crippen LogP contribution in [0.2, 0.25) is 0 Å². The van der Waals surface area contributed by atoms with Gasteiger partial charge in [0, 0.05) is 19.6 Å². The molecular weight excluding hydrogens is 356 g/mol. The number of morpholine rings is 1. The number of aliphatic carboxylic acids is 1. The quantitative estimate of drug-likeness (QED) is 0.711. The Kier molecular flexibility index (Phi) is 6.33. The van der Waals surface area contributed by atoms with Crippen LogP contribution in [0.3, 0.4) is 0 Å². The molecule has 134 valence electrons. The lowest BCUT2D eigenvalue weighted by Gasteiger charge is -2.34. The predicted molar refractivity (Wildman–Crippen MR) is 88.4 cm³/mol. The van der Waals surface area contributed by atoms with E-state index >= 15 is 0 Å². The first-order valence-electron chi connectivity index (χ1n) is 7.33. The molecule has 1 aliphatic heterocycles. The van der Waals surface area contributed by atoms with Crippen LogP contribution < -0.4 is 0 Å². The second-order valence-electron chi connectivity index (χ2n) is 5.59. The Morgan fingerprint density at radius 1 is 1.50 bits per heavy atom. The fourth-order valence-electron chi connectivity index (χ4n) is 2.43. The molecule has 1 amide bonds. The molecule has 0 saturated carbocycles. The van der Waals surface area contributed by atoms with Crippen molar-refractivity contribution in [3.63, 3.8) is 0 Å². The zero-order valence-electron chi connectivity index (χ0n) is 13.3. The van der Waals surface area contributed by atoms with Crippen molar-refractivity contribution in [3.8, 4) is 0 Å². The summed E-state index contributed by atoms with van der Waals surface area (Å²) in [4.78, 5) is 24.8. The van der Waals surface area contributed by atoms with Crippen molar-refractivity contribution < 1.29 is 27.9 Å². The molecule has 1 aliphatic rings. The lowest BCUT2D eigenvalue weighted by atomic mass is 10.2. The van der Waals surface area contributed by atoms with Crippen LogP contribution in [0.5, 0.6) is 0 Å². The van der Waals surface area contributed by atoms with Crippen molar-refractivity contribution in [2.24, 2.45) is 0 Å². The predicted octanol–water partition coefficient (Wildman–Crippen LogP) is -0.136. The van der Waals surface area contributed by atoms with Gasteiger partial charge in [0.25, 0.3) is 0 Å². The molecule has 0 aliphatic carbocycles. The molecule has 2 heterocycles. The topological polar surface area (TPSA) is 104 Å². The average molecular weight is 376 g/mol. The molecule has 0 spiro atoms. The Balaban J connectivity index is 1.96. The van der Waals surface area contributed by atoms with Crippen LogP contribution >= 0.6 is 11.3 Å². The first-order valence-corrected chi connectivity index (χ1v) is 10.1. The molecule has 0 bridgehead atoms.